The van der Waals surface area contributed by atoms with Gasteiger partial charge in [0.2, 0.25) is 5.89 Å². The molecule has 0 aromatic carbocycles. The van der Waals surface area contributed by atoms with E-state index < -0.39 is 5.60 Å². The smallest absolute Gasteiger partial charge is 0.226 e. The molecule has 3 N–H and O–H groups in total. The topological polar surface area (TPSA) is 108 Å². The van der Waals surface area contributed by atoms with Crippen molar-refractivity contribution in [1.29, 1.82) is 0 Å². The van der Waals surface area contributed by atoms with Crippen molar-refractivity contribution in [2.45, 2.75) is 52.1 Å². The number of rotatable bonds is 10. The van der Waals surface area contributed by atoms with Gasteiger partial charge in [-0.1, -0.05) is 19.0 Å². The first-order chi connectivity index (χ1) is 13.4. The third kappa shape index (κ3) is 10.1. The van der Waals surface area contributed by atoms with E-state index in [1.54, 1.807) is 0 Å². The SMILES string of the molecule is CCNC(=NCC(C)(O)CN1CCOCC1)NCCCc1nc(C(C)C)no1.I. The molecule has 1 unspecified atom stereocenters. The molecular formula is C19H37IN6O3. The van der Waals surface area contributed by atoms with E-state index >= 15 is 0 Å². The molecule has 168 valence electrons. The molecule has 0 radical (unpaired) electrons. The van der Waals surface area contributed by atoms with Crippen LogP contribution in [0.15, 0.2) is 9.52 Å². The first-order valence-corrected chi connectivity index (χ1v) is 10.3. The number of halogens is 1. The maximum Gasteiger partial charge on any atom is 0.226 e. The number of β-amino-alcohol motifs (C(OH)–C–C–N with tert-alkyl or cyclic N) is 1. The Morgan fingerprint density at radius 1 is 1.31 bits per heavy atom. The molecule has 1 aromatic rings. The van der Waals surface area contributed by atoms with Crippen LogP contribution in [0.1, 0.15) is 51.7 Å². The van der Waals surface area contributed by atoms with Gasteiger partial charge in [-0.3, -0.25) is 9.89 Å². The molecular weight excluding hydrogens is 487 g/mol. The van der Waals surface area contributed by atoms with Gasteiger partial charge in [0.15, 0.2) is 11.8 Å². The Kier molecular flexibility index (Phi) is 12.0. The number of nitrogens with zero attached hydrogens (tertiary/aromatic N) is 4. The molecule has 1 saturated heterocycles. The molecule has 1 aliphatic heterocycles. The minimum atomic E-state index is -0.878. The van der Waals surface area contributed by atoms with Crippen LogP contribution in [-0.2, 0) is 11.2 Å². The second-order valence-corrected chi connectivity index (χ2v) is 7.81. The molecule has 0 saturated carbocycles. The largest absolute Gasteiger partial charge is 0.387 e. The number of aliphatic imine (C=N–C) groups is 1. The summed E-state index contributed by atoms with van der Waals surface area (Å²) in [5.41, 5.74) is -0.878. The van der Waals surface area contributed by atoms with Crippen LogP contribution in [-0.4, -0.2) is 84.2 Å². The van der Waals surface area contributed by atoms with Gasteiger partial charge in [-0.2, -0.15) is 4.98 Å². The van der Waals surface area contributed by atoms with E-state index in [2.05, 4.69) is 30.7 Å². The van der Waals surface area contributed by atoms with E-state index in [9.17, 15) is 5.11 Å². The highest BCUT2D eigenvalue weighted by Crippen LogP contribution is 2.11. The Morgan fingerprint density at radius 2 is 2.03 bits per heavy atom. The molecule has 1 aromatic heterocycles. The van der Waals surface area contributed by atoms with Crippen molar-refractivity contribution >= 4 is 29.9 Å². The average Bonchev–Trinajstić information content (AvgIpc) is 3.13. The van der Waals surface area contributed by atoms with E-state index in [1.165, 1.54) is 0 Å². The molecule has 10 heteroatoms. The van der Waals surface area contributed by atoms with Crippen LogP contribution < -0.4 is 10.6 Å². The fraction of sp³-hybridized carbons (Fsp3) is 0.842. The van der Waals surface area contributed by atoms with Crippen molar-refractivity contribution in [3.8, 4) is 0 Å². The zero-order valence-corrected chi connectivity index (χ0v) is 20.4. The number of nitrogens with one attached hydrogen (secondary N) is 2. The first kappa shape index (κ1) is 26.1. The van der Waals surface area contributed by atoms with Crippen LogP contribution in [0.2, 0.25) is 0 Å². The highest BCUT2D eigenvalue weighted by atomic mass is 127. The lowest BCUT2D eigenvalue weighted by Gasteiger charge is -2.33. The van der Waals surface area contributed by atoms with Crippen molar-refractivity contribution in [3.63, 3.8) is 0 Å². The Morgan fingerprint density at radius 3 is 2.66 bits per heavy atom. The number of aryl methyl sites for hydroxylation is 1. The fourth-order valence-electron chi connectivity index (χ4n) is 2.93. The summed E-state index contributed by atoms with van der Waals surface area (Å²) in [6.07, 6.45) is 1.58. The van der Waals surface area contributed by atoms with Gasteiger partial charge in [-0.05, 0) is 20.3 Å². The number of aliphatic hydroxyl groups is 1. The van der Waals surface area contributed by atoms with Crippen LogP contribution >= 0.6 is 24.0 Å². The number of ether oxygens (including phenoxy) is 1. The number of hydrogen-bond acceptors (Lipinski definition) is 7. The summed E-state index contributed by atoms with van der Waals surface area (Å²) >= 11 is 0. The van der Waals surface area contributed by atoms with Crippen LogP contribution in [0.3, 0.4) is 0 Å². The molecule has 1 aliphatic rings. The summed E-state index contributed by atoms with van der Waals surface area (Å²) < 4.78 is 10.6. The maximum atomic E-state index is 10.7. The minimum absolute atomic E-state index is 0. The van der Waals surface area contributed by atoms with E-state index in [0.717, 1.165) is 58.1 Å². The van der Waals surface area contributed by atoms with Gasteiger partial charge in [-0.15, -0.1) is 24.0 Å². The van der Waals surface area contributed by atoms with E-state index in [-0.39, 0.29) is 29.9 Å². The first-order valence-electron chi connectivity index (χ1n) is 10.3. The predicted molar refractivity (Wildman–Crippen MR) is 124 cm³/mol. The molecule has 1 atom stereocenters. The molecule has 0 spiro atoms. The van der Waals surface area contributed by atoms with E-state index in [4.69, 9.17) is 9.26 Å². The van der Waals surface area contributed by atoms with Gasteiger partial charge < -0.3 is 25.0 Å². The van der Waals surface area contributed by atoms with Gasteiger partial charge in [0.25, 0.3) is 0 Å². The Labute approximate surface area is 191 Å². The van der Waals surface area contributed by atoms with Crippen LogP contribution in [0.5, 0.6) is 0 Å². The number of guanidine groups is 1. The van der Waals surface area contributed by atoms with Crippen LogP contribution in [0, 0.1) is 0 Å². The highest BCUT2D eigenvalue weighted by Gasteiger charge is 2.25. The zero-order valence-electron chi connectivity index (χ0n) is 18.1. The standard InChI is InChI=1S/C19H36N6O3.HI/c1-5-20-18(21-8-6-7-16-23-17(15(2)3)24-28-16)22-13-19(4,26)14-25-9-11-27-12-10-25;/h15,26H,5-14H2,1-4H3,(H2,20,21,22);1H. The van der Waals surface area contributed by atoms with Crippen LogP contribution in [0.25, 0.3) is 0 Å². The fourth-order valence-corrected chi connectivity index (χ4v) is 2.93. The van der Waals surface area contributed by atoms with Crippen molar-refractivity contribution in [3.05, 3.63) is 11.7 Å². The summed E-state index contributed by atoms with van der Waals surface area (Å²) in [6, 6.07) is 0. The van der Waals surface area contributed by atoms with Gasteiger partial charge >= 0.3 is 0 Å². The number of hydrogen-bond donors (Lipinski definition) is 3. The second-order valence-electron chi connectivity index (χ2n) is 7.81. The van der Waals surface area contributed by atoms with Gasteiger partial charge in [-0.25, -0.2) is 0 Å². The van der Waals surface area contributed by atoms with E-state index in [0.29, 0.717) is 24.9 Å². The second kappa shape index (κ2) is 13.3. The third-order valence-corrected chi connectivity index (χ3v) is 4.45. The van der Waals surface area contributed by atoms with Gasteiger partial charge in [0.1, 0.15) is 0 Å². The van der Waals surface area contributed by atoms with Crippen molar-refractivity contribution in [2.75, 3.05) is 52.5 Å². The Balaban J connectivity index is 0.00000420. The molecule has 29 heavy (non-hydrogen) atoms. The molecule has 0 amide bonds. The normalized spacial score (nSPS) is 17.7. The maximum absolute atomic E-state index is 10.7. The lowest BCUT2D eigenvalue weighted by molar-refractivity contribution is -0.0179. The monoisotopic (exact) mass is 524 g/mol. The third-order valence-electron chi connectivity index (χ3n) is 4.45. The van der Waals surface area contributed by atoms with Gasteiger partial charge in [0.05, 0.1) is 25.4 Å². The Hall–Kier alpha value is -0.980. The zero-order chi connectivity index (χ0) is 20.4. The number of aromatic nitrogens is 2. The summed E-state index contributed by atoms with van der Waals surface area (Å²) in [5.74, 6) is 2.40. The summed E-state index contributed by atoms with van der Waals surface area (Å²) in [4.78, 5) is 11.2. The summed E-state index contributed by atoms with van der Waals surface area (Å²) in [7, 11) is 0. The number of morpholine rings is 1. The molecule has 2 rings (SSSR count). The van der Waals surface area contributed by atoms with Gasteiger partial charge in [0, 0.05) is 45.1 Å². The van der Waals surface area contributed by atoms with Crippen molar-refractivity contribution in [2.24, 2.45) is 4.99 Å². The highest BCUT2D eigenvalue weighted by molar-refractivity contribution is 14.0. The molecule has 2 heterocycles. The average molecular weight is 524 g/mol. The van der Waals surface area contributed by atoms with E-state index in [1.807, 2.05) is 27.7 Å². The lowest BCUT2D eigenvalue weighted by Crippen LogP contribution is -2.48. The van der Waals surface area contributed by atoms with Crippen molar-refractivity contribution < 1.29 is 14.4 Å². The van der Waals surface area contributed by atoms with Crippen LogP contribution in [0.4, 0.5) is 0 Å². The molecule has 0 bridgehead atoms. The summed E-state index contributed by atoms with van der Waals surface area (Å²) in [6.45, 7) is 13.5. The molecule has 1 fully saturated rings. The summed E-state index contributed by atoms with van der Waals surface area (Å²) in [5, 5.41) is 21.2. The molecule has 9 nitrogen and oxygen atoms in total. The minimum Gasteiger partial charge on any atom is -0.387 e. The molecule has 0 aliphatic carbocycles. The quantitative estimate of drug-likeness (QED) is 0.183. The lowest BCUT2D eigenvalue weighted by atomic mass is 10.1. The van der Waals surface area contributed by atoms with Crippen molar-refractivity contribution in [1.82, 2.24) is 25.7 Å². The Bertz CT molecular complexity index is 603. The predicted octanol–water partition coefficient (Wildman–Crippen LogP) is 1.38.